The normalized spacial score (nSPS) is 23.4. The monoisotopic (exact) mass is 399 g/mol. The van der Waals surface area contributed by atoms with Gasteiger partial charge in [0.1, 0.15) is 5.69 Å². The topological polar surface area (TPSA) is 37.3 Å². The van der Waals surface area contributed by atoms with Crippen molar-refractivity contribution in [2.24, 2.45) is 0 Å². The predicted octanol–water partition coefficient (Wildman–Crippen LogP) is 4.46. The van der Waals surface area contributed by atoms with Crippen molar-refractivity contribution >= 4 is 5.91 Å². The largest absolute Gasteiger partial charge is 0.348 e. The van der Waals surface area contributed by atoms with Gasteiger partial charge in [-0.2, -0.15) is 0 Å². The molecular formula is C26H29N3O. The fourth-order valence-electron chi connectivity index (χ4n) is 5.24. The number of carbonyl (C=O) groups excluding carboxylic acids is 1. The first-order chi connectivity index (χ1) is 14.8. The number of rotatable bonds is 6. The molecule has 2 atom stereocenters. The molecule has 5 rings (SSSR count). The maximum absolute atomic E-state index is 13.0. The van der Waals surface area contributed by atoms with Crippen LogP contribution in [0, 0.1) is 0 Å². The third kappa shape index (κ3) is 4.05. The Morgan fingerprint density at radius 2 is 1.40 bits per heavy atom. The van der Waals surface area contributed by atoms with Crippen molar-refractivity contribution in [2.75, 3.05) is 0 Å². The molecule has 4 heteroatoms. The Morgan fingerprint density at radius 1 is 0.800 bits per heavy atom. The molecule has 2 saturated heterocycles. The van der Waals surface area contributed by atoms with Crippen molar-refractivity contribution < 1.29 is 4.79 Å². The highest BCUT2D eigenvalue weighted by atomic mass is 16.2. The Kier molecular flexibility index (Phi) is 5.41. The zero-order valence-corrected chi connectivity index (χ0v) is 17.3. The zero-order valence-electron chi connectivity index (χ0n) is 17.3. The number of nitrogens with zero attached hydrogens (tertiary/aromatic N) is 2. The van der Waals surface area contributed by atoms with Crippen LogP contribution in [0.4, 0.5) is 0 Å². The van der Waals surface area contributed by atoms with E-state index in [9.17, 15) is 4.79 Å². The summed E-state index contributed by atoms with van der Waals surface area (Å²) in [5, 5.41) is 3.35. The summed E-state index contributed by atoms with van der Waals surface area (Å²) < 4.78 is 2.05. The van der Waals surface area contributed by atoms with Crippen LogP contribution in [0.25, 0.3) is 0 Å². The minimum absolute atomic E-state index is 0.0526. The van der Waals surface area contributed by atoms with Gasteiger partial charge >= 0.3 is 0 Å². The van der Waals surface area contributed by atoms with Gasteiger partial charge in [0.05, 0.1) is 0 Å². The first-order valence-electron chi connectivity index (χ1n) is 11.1. The van der Waals surface area contributed by atoms with Crippen molar-refractivity contribution in [2.45, 2.75) is 56.9 Å². The van der Waals surface area contributed by atoms with Crippen molar-refractivity contribution in [3.63, 3.8) is 0 Å². The summed E-state index contributed by atoms with van der Waals surface area (Å²) in [7, 11) is 0. The van der Waals surface area contributed by atoms with Gasteiger partial charge in [-0.1, -0.05) is 60.7 Å². The summed E-state index contributed by atoms with van der Waals surface area (Å²) in [6.45, 7) is 1.74. The second kappa shape index (κ2) is 8.49. The molecule has 2 aliphatic heterocycles. The minimum Gasteiger partial charge on any atom is -0.348 e. The lowest BCUT2D eigenvalue weighted by molar-refractivity contribution is 0.0820. The Hall–Kier alpha value is -2.85. The second-order valence-corrected chi connectivity index (χ2v) is 8.69. The fraction of sp³-hybridized carbons (Fsp3) is 0.346. The van der Waals surface area contributed by atoms with Crippen LogP contribution in [0.3, 0.4) is 0 Å². The first kappa shape index (κ1) is 19.1. The van der Waals surface area contributed by atoms with E-state index in [2.05, 4.69) is 52.7 Å². The molecule has 1 amide bonds. The number of piperidine rings is 1. The Bertz CT molecular complexity index is 968. The first-order valence-corrected chi connectivity index (χ1v) is 11.1. The SMILES string of the molecule is O=C(NC1CC2CCC(C1)N2Cc1ccccc1)c1cccn1Cc1ccccc1. The molecule has 30 heavy (non-hydrogen) atoms. The van der Waals surface area contributed by atoms with E-state index in [0.29, 0.717) is 12.1 Å². The average molecular weight is 400 g/mol. The van der Waals surface area contributed by atoms with Crippen molar-refractivity contribution in [3.8, 4) is 0 Å². The number of nitrogens with one attached hydrogen (secondary N) is 1. The number of hydrogen-bond acceptors (Lipinski definition) is 2. The van der Waals surface area contributed by atoms with Crippen LogP contribution < -0.4 is 5.32 Å². The molecule has 0 saturated carbocycles. The van der Waals surface area contributed by atoms with Crippen LogP contribution in [0.5, 0.6) is 0 Å². The van der Waals surface area contributed by atoms with Gasteiger partial charge < -0.3 is 9.88 Å². The molecular weight excluding hydrogens is 370 g/mol. The third-order valence-corrected chi connectivity index (χ3v) is 6.69. The lowest BCUT2D eigenvalue weighted by Gasteiger charge is -2.39. The maximum Gasteiger partial charge on any atom is 0.268 e. The number of carbonyl (C=O) groups is 1. The van der Waals surface area contributed by atoms with Crippen LogP contribution in [-0.4, -0.2) is 33.5 Å². The fourth-order valence-corrected chi connectivity index (χ4v) is 5.24. The Morgan fingerprint density at radius 3 is 2.03 bits per heavy atom. The van der Waals surface area contributed by atoms with E-state index in [4.69, 9.17) is 0 Å². The summed E-state index contributed by atoms with van der Waals surface area (Å²) in [5.74, 6) is 0.0526. The van der Waals surface area contributed by atoms with Crippen LogP contribution in [0.1, 0.15) is 47.3 Å². The Balaban J connectivity index is 1.22. The standard InChI is InChI=1S/C26H29N3O/c30-26(25-12-7-15-28(25)18-20-8-3-1-4-9-20)27-22-16-23-13-14-24(17-22)29(23)19-21-10-5-2-6-11-21/h1-12,15,22-24H,13-14,16-19H2,(H,27,30). The number of amides is 1. The molecule has 154 valence electrons. The number of benzene rings is 2. The van der Waals surface area contributed by atoms with Crippen molar-refractivity contribution in [3.05, 3.63) is 95.8 Å². The molecule has 4 nitrogen and oxygen atoms in total. The summed E-state index contributed by atoms with van der Waals surface area (Å²) in [5.41, 5.74) is 3.34. The van der Waals surface area contributed by atoms with Gasteiger partial charge in [0, 0.05) is 37.4 Å². The van der Waals surface area contributed by atoms with Crippen molar-refractivity contribution in [1.82, 2.24) is 14.8 Å². The van der Waals surface area contributed by atoms with Gasteiger partial charge in [-0.05, 0) is 48.9 Å². The van der Waals surface area contributed by atoms with Crippen LogP contribution in [-0.2, 0) is 13.1 Å². The minimum atomic E-state index is 0.0526. The molecule has 0 spiro atoms. The average Bonchev–Trinajstić information content (AvgIpc) is 3.31. The van der Waals surface area contributed by atoms with E-state index in [1.165, 1.54) is 24.0 Å². The molecule has 0 radical (unpaired) electrons. The van der Waals surface area contributed by atoms with Gasteiger partial charge in [0.25, 0.3) is 5.91 Å². The number of hydrogen-bond donors (Lipinski definition) is 1. The molecule has 2 bridgehead atoms. The smallest absolute Gasteiger partial charge is 0.268 e. The van der Waals surface area contributed by atoms with Crippen LogP contribution in [0.2, 0.25) is 0 Å². The highest BCUT2D eigenvalue weighted by molar-refractivity contribution is 5.93. The van der Waals surface area contributed by atoms with Crippen LogP contribution >= 0.6 is 0 Å². The van der Waals surface area contributed by atoms with E-state index >= 15 is 0 Å². The Labute approximate surface area is 178 Å². The lowest BCUT2D eigenvalue weighted by atomic mass is 9.96. The molecule has 0 aliphatic carbocycles. The summed E-state index contributed by atoms with van der Waals surface area (Å²) in [6, 6.07) is 26.4. The summed E-state index contributed by atoms with van der Waals surface area (Å²) in [4.78, 5) is 15.7. The van der Waals surface area contributed by atoms with Gasteiger partial charge in [-0.25, -0.2) is 0 Å². The molecule has 3 heterocycles. The molecule has 1 N–H and O–H groups in total. The van der Waals surface area contributed by atoms with E-state index in [1.807, 2.05) is 41.1 Å². The second-order valence-electron chi connectivity index (χ2n) is 8.69. The van der Waals surface area contributed by atoms with Crippen molar-refractivity contribution in [1.29, 1.82) is 0 Å². The maximum atomic E-state index is 13.0. The van der Waals surface area contributed by atoms with E-state index in [0.717, 1.165) is 31.6 Å². The summed E-state index contributed by atoms with van der Waals surface area (Å²) >= 11 is 0. The number of aromatic nitrogens is 1. The quantitative estimate of drug-likeness (QED) is 0.664. The zero-order chi connectivity index (χ0) is 20.3. The molecule has 3 aromatic rings. The molecule has 2 unspecified atom stereocenters. The van der Waals surface area contributed by atoms with Gasteiger partial charge in [-0.15, -0.1) is 0 Å². The highest BCUT2D eigenvalue weighted by Gasteiger charge is 2.41. The molecule has 2 aliphatic rings. The molecule has 2 aromatic carbocycles. The number of fused-ring (bicyclic) bond motifs is 2. The third-order valence-electron chi connectivity index (χ3n) is 6.69. The predicted molar refractivity (Wildman–Crippen MR) is 119 cm³/mol. The van der Waals surface area contributed by atoms with Crippen LogP contribution in [0.15, 0.2) is 79.0 Å². The van der Waals surface area contributed by atoms with E-state index in [-0.39, 0.29) is 11.9 Å². The van der Waals surface area contributed by atoms with E-state index < -0.39 is 0 Å². The highest BCUT2D eigenvalue weighted by Crippen LogP contribution is 2.37. The van der Waals surface area contributed by atoms with Gasteiger partial charge in [0.2, 0.25) is 0 Å². The van der Waals surface area contributed by atoms with Gasteiger partial charge in [-0.3, -0.25) is 9.69 Å². The van der Waals surface area contributed by atoms with Gasteiger partial charge in [0.15, 0.2) is 0 Å². The molecule has 2 fully saturated rings. The summed E-state index contributed by atoms with van der Waals surface area (Å²) in [6.07, 6.45) is 6.58. The lowest BCUT2D eigenvalue weighted by Crippen LogP contribution is -2.50. The van der Waals surface area contributed by atoms with E-state index in [1.54, 1.807) is 0 Å². The molecule has 1 aromatic heterocycles.